The Kier molecular flexibility index (Phi) is 4.15. The van der Waals surface area contributed by atoms with E-state index in [0.29, 0.717) is 6.42 Å². The summed E-state index contributed by atoms with van der Waals surface area (Å²) in [5.74, 6) is -3.82. The number of hydrogen-bond acceptors (Lipinski definition) is 4. The first-order valence-electron chi connectivity index (χ1n) is 4.91. The fourth-order valence-corrected chi connectivity index (χ4v) is 1.34. The van der Waals surface area contributed by atoms with Crippen LogP contribution in [0.1, 0.15) is 19.8 Å². The summed E-state index contributed by atoms with van der Waals surface area (Å²) >= 11 is 0. The third kappa shape index (κ3) is 2.85. The van der Waals surface area contributed by atoms with Crippen molar-refractivity contribution >= 4 is 5.97 Å². The molecular formula is C9H13F3O4. The van der Waals surface area contributed by atoms with Crippen molar-refractivity contribution in [1.29, 1.82) is 0 Å². The van der Waals surface area contributed by atoms with E-state index in [2.05, 4.69) is 14.2 Å². The predicted octanol–water partition coefficient (Wildman–Crippen LogP) is 1.64. The Labute approximate surface area is 90.7 Å². The van der Waals surface area contributed by atoms with Crippen LogP contribution in [0.5, 0.6) is 0 Å². The molecule has 1 aliphatic heterocycles. The van der Waals surface area contributed by atoms with Gasteiger partial charge in [-0.3, -0.25) is 4.79 Å². The van der Waals surface area contributed by atoms with Crippen molar-refractivity contribution in [3.63, 3.8) is 0 Å². The van der Waals surface area contributed by atoms with Crippen LogP contribution < -0.4 is 0 Å². The maximum atomic E-state index is 12.7. The molecule has 0 unspecified atom stereocenters. The molecule has 1 aliphatic rings. The van der Waals surface area contributed by atoms with Gasteiger partial charge >= 0.3 is 12.1 Å². The fraction of sp³-hybridized carbons (Fsp3) is 0.889. The molecule has 94 valence electrons. The molecule has 0 radical (unpaired) electrons. The molecule has 0 aliphatic carbocycles. The van der Waals surface area contributed by atoms with E-state index in [-0.39, 0.29) is 19.8 Å². The highest BCUT2D eigenvalue weighted by Gasteiger charge is 2.60. The number of halogens is 3. The van der Waals surface area contributed by atoms with Crippen LogP contribution in [-0.2, 0) is 19.0 Å². The lowest BCUT2D eigenvalue weighted by Gasteiger charge is -2.37. The molecule has 4 nitrogen and oxygen atoms in total. The number of carbonyl (C=O) groups excluding carboxylic acids is 1. The Morgan fingerprint density at radius 1 is 1.38 bits per heavy atom. The molecule has 1 rings (SSSR count). The summed E-state index contributed by atoms with van der Waals surface area (Å²) in [6, 6.07) is 0. The average molecular weight is 242 g/mol. The molecule has 1 fully saturated rings. The summed E-state index contributed by atoms with van der Waals surface area (Å²) in [6.45, 7) is 1.37. The molecule has 0 atom stereocenters. The van der Waals surface area contributed by atoms with Crippen molar-refractivity contribution in [2.75, 3.05) is 19.8 Å². The highest BCUT2D eigenvalue weighted by atomic mass is 19.4. The zero-order chi connectivity index (χ0) is 12.2. The molecule has 0 bridgehead atoms. The van der Waals surface area contributed by atoms with Gasteiger partial charge in [0.05, 0.1) is 19.8 Å². The van der Waals surface area contributed by atoms with Crippen LogP contribution in [0.15, 0.2) is 0 Å². The molecular weight excluding hydrogens is 229 g/mol. The van der Waals surface area contributed by atoms with Gasteiger partial charge in [-0.05, 0) is 13.3 Å². The van der Waals surface area contributed by atoms with E-state index in [1.165, 1.54) is 6.92 Å². The predicted molar refractivity (Wildman–Crippen MR) is 46.6 cm³/mol. The number of carbonyl (C=O) groups is 1. The third-order valence-corrected chi connectivity index (χ3v) is 2.07. The van der Waals surface area contributed by atoms with Gasteiger partial charge in [0.25, 0.3) is 5.79 Å². The smallest absolute Gasteiger partial charge is 0.443 e. The minimum atomic E-state index is -4.75. The van der Waals surface area contributed by atoms with E-state index < -0.39 is 24.4 Å². The van der Waals surface area contributed by atoms with Crippen molar-refractivity contribution in [2.24, 2.45) is 0 Å². The van der Waals surface area contributed by atoms with E-state index in [9.17, 15) is 18.0 Å². The molecule has 7 heteroatoms. The van der Waals surface area contributed by atoms with Crippen LogP contribution in [0, 0.1) is 0 Å². The first-order valence-corrected chi connectivity index (χ1v) is 4.91. The minimum absolute atomic E-state index is 0.0206. The zero-order valence-electron chi connectivity index (χ0n) is 8.80. The SMILES string of the molecule is CCOC(=O)CC1(C(F)(F)F)OCCCO1. The first kappa shape index (κ1) is 13.2. The second-order valence-electron chi connectivity index (χ2n) is 3.28. The average Bonchev–Trinajstić information content (AvgIpc) is 2.17. The number of alkyl halides is 3. The lowest BCUT2D eigenvalue weighted by molar-refractivity contribution is -0.395. The molecule has 0 aromatic rings. The number of hydrogen-bond donors (Lipinski definition) is 0. The maximum absolute atomic E-state index is 12.7. The van der Waals surface area contributed by atoms with Gasteiger partial charge in [-0.15, -0.1) is 0 Å². The first-order chi connectivity index (χ1) is 7.41. The number of ether oxygens (including phenoxy) is 3. The van der Waals surface area contributed by atoms with E-state index in [1.807, 2.05) is 0 Å². The van der Waals surface area contributed by atoms with E-state index in [1.54, 1.807) is 0 Å². The van der Waals surface area contributed by atoms with Crippen molar-refractivity contribution in [2.45, 2.75) is 31.7 Å². The fourth-order valence-electron chi connectivity index (χ4n) is 1.34. The summed E-state index contributed by atoms with van der Waals surface area (Å²) in [5, 5.41) is 0. The largest absolute Gasteiger partial charge is 0.466 e. The monoisotopic (exact) mass is 242 g/mol. The van der Waals surface area contributed by atoms with Crippen LogP contribution in [0.3, 0.4) is 0 Å². The van der Waals surface area contributed by atoms with Gasteiger partial charge in [-0.25, -0.2) is 0 Å². The van der Waals surface area contributed by atoms with Crippen LogP contribution in [0.2, 0.25) is 0 Å². The summed E-state index contributed by atoms with van der Waals surface area (Å²) < 4.78 is 51.9. The molecule has 0 amide bonds. The minimum Gasteiger partial charge on any atom is -0.466 e. The molecule has 0 spiro atoms. The van der Waals surface area contributed by atoms with E-state index in [0.717, 1.165) is 0 Å². The molecule has 1 heterocycles. The van der Waals surface area contributed by atoms with Gasteiger partial charge in [0.2, 0.25) is 0 Å². The molecule has 0 saturated carbocycles. The number of esters is 1. The van der Waals surface area contributed by atoms with Crippen LogP contribution in [0.25, 0.3) is 0 Å². The summed E-state index contributed by atoms with van der Waals surface area (Å²) in [5.41, 5.74) is 0. The van der Waals surface area contributed by atoms with Gasteiger partial charge in [-0.1, -0.05) is 0 Å². The summed E-state index contributed by atoms with van der Waals surface area (Å²) in [7, 11) is 0. The van der Waals surface area contributed by atoms with E-state index >= 15 is 0 Å². The lowest BCUT2D eigenvalue weighted by Crippen LogP contribution is -2.54. The van der Waals surface area contributed by atoms with Crippen molar-refractivity contribution in [1.82, 2.24) is 0 Å². The lowest BCUT2D eigenvalue weighted by atomic mass is 10.1. The molecule has 1 saturated heterocycles. The standard InChI is InChI=1S/C9H13F3O4/c1-2-14-7(13)6-8(9(10,11)12)15-4-3-5-16-8/h2-6H2,1H3. The maximum Gasteiger partial charge on any atom is 0.443 e. The Morgan fingerprint density at radius 3 is 2.38 bits per heavy atom. The Hall–Kier alpha value is -0.820. The topological polar surface area (TPSA) is 44.8 Å². The zero-order valence-corrected chi connectivity index (χ0v) is 8.80. The second kappa shape index (κ2) is 5.01. The van der Waals surface area contributed by atoms with Gasteiger partial charge < -0.3 is 14.2 Å². The van der Waals surface area contributed by atoms with Gasteiger partial charge in [0.15, 0.2) is 0 Å². The van der Waals surface area contributed by atoms with Crippen LogP contribution in [0.4, 0.5) is 13.2 Å². The second-order valence-corrected chi connectivity index (χ2v) is 3.28. The Morgan fingerprint density at radius 2 is 1.94 bits per heavy atom. The quantitative estimate of drug-likeness (QED) is 0.706. The highest BCUT2D eigenvalue weighted by molar-refractivity contribution is 5.70. The Bertz CT molecular complexity index is 246. The molecule has 0 N–H and O–H groups in total. The summed E-state index contributed by atoms with van der Waals surface area (Å²) in [6.07, 6.45) is -5.34. The van der Waals surface area contributed by atoms with Gasteiger partial charge in [0, 0.05) is 0 Å². The van der Waals surface area contributed by atoms with Gasteiger partial charge in [0.1, 0.15) is 6.42 Å². The highest BCUT2D eigenvalue weighted by Crippen LogP contribution is 2.39. The molecule has 0 aromatic carbocycles. The van der Waals surface area contributed by atoms with E-state index in [4.69, 9.17) is 0 Å². The van der Waals surface area contributed by atoms with Gasteiger partial charge in [-0.2, -0.15) is 13.2 Å². The molecule has 0 aromatic heterocycles. The van der Waals surface area contributed by atoms with Crippen LogP contribution in [-0.4, -0.2) is 37.8 Å². The van der Waals surface area contributed by atoms with Crippen LogP contribution >= 0.6 is 0 Å². The summed E-state index contributed by atoms with van der Waals surface area (Å²) in [4.78, 5) is 11.1. The third-order valence-electron chi connectivity index (χ3n) is 2.07. The molecule has 16 heavy (non-hydrogen) atoms. The normalized spacial score (nSPS) is 20.5. The van der Waals surface area contributed by atoms with Crippen molar-refractivity contribution < 1.29 is 32.2 Å². The van der Waals surface area contributed by atoms with Crippen molar-refractivity contribution in [3.05, 3.63) is 0 Å². The van der Waals surface area contributed by atoms with Crippen molar-refractivity contribution in [3.8, 4) is 0 Å². The Balaban J connectivity index is 2.75. The number of rotatable bonds is 3.